The molecule has 1 aromatic rings. The molecular formula is C18H25NO2. The smallest absolute Gasteiger partial charge is 0.226 e. The number of amides is 1. The highest BCUT2D eigenvalue weighted by Gasteiger charge is 2.36. The summed E-state index contributed by atoms with van der Waals surface area (Å²) in [7, 11) is 0. The molecule has 2 aliphatic rings. The lowest BCUT2D eigenvalue weighted by Gasteiger charge is -2.44. The van der Waals surface area contributed by atoms with Gasteiger partial charge < -0.3 is 10.0 Å². The van der Waals surface area contributed by atoms with Gasteiger partial charge in [-0.1, -0.05) is 31.4 Å². The van der Waals surface area contributed by atoms with Gasteiger partial charge >= 0.3 is 0 Å². The van der Waals surface area contributed by atoms with Crippen LogP contribution in [0.2, 0.25) is 0 Å². The average molecular weight is 287 g/mol. The lowest BCUT2D eigenvalue weighted by Crippen LogP contribution is -2.44. The van der Waals surface area contributed by atoms with Crippen LogP contribution in [0.3, 0.4) is 0 Å². The first-order valence-corrected chi connectivity index (χ1v) is 8.23. The summed E-state index contributed by atoms with van der Waals surface area (Å²) >= 11 is 0. The molecular weight excluding hydrogens is 262 g/mol. The van der Waals surface area contributed by atoms with Crippen LogP contribution in [-0.4, -0.2) is 29.0 Å². The number of carbonyl (C=O) groups excluding carboxylic acids is 1. The first-order valence-electron chi connectivity index (χ1n) is 8.23. The number of phenols is 1. The van der Waals surface area contributed by atoms with Gasteiger partial charge in [-0.15, -0.1) is 0 Å². The normalized spacial score (nSPS) is 21.4. The molecule has 1 amide bonds. The van der Waals surface area contributed by atoms with Crippen molar-refractivity contribution in [2.45, 2.75) is 51.4 Å². The van der Waals surface area contributed by atoms with E-state index in [1.165, 1.54) is 44.9 Å². The number of phenolic OH excluding ortho intramolecular Hbond substituents is 1. The van der Waals surface area contributed by atoms with Crippen molar-refractivity contribution in [1.82, 2.24) is 4.90 Å². The zero-order valence-electron chi connectivity index (χ0n) is 12.7. The van der Waals surface area contributed by atoms with Gasteiger partial charge in [-0.3, -0.25) is 4.79 Å². The molecule has 0 atom stereocenters. The Morgan fingerprint density at radius 3 is 2.48 bits per heavy atom. The largest absolute Gasteiger partial charge is 0.508 e. The van der Waals surface area contributed by atoms with Crippen molar-refractivity contribution in [1.29, 1.82) is 0 Å². The van der Waals surface area contributed by atoms with E-state index in [1.807, 2.05) is 11.0 Å². The molecule has 3 rings (SSSR count). The third-order valence-corrected chi connectivity index (χ3v) is 5.36. The van der Waals surface area contributed by atoms with Crippen LogP contribution >= 0.6 is 0 Å². The molecule has 0 unspecified atom stereocenters. The number of rotatable bonds is 2. The van der Waals surface area contributed by atoms with Crippen LogP contribution in [0.4, 0.5) is 0 Å². The third-order valence-electron chi connectivity index (χ3n) is 5.36. The molecule has 21 heavy (non-hydrogen) atoms. The lowest BCUT2D eigenvalue weighted by molar-refractivity contribution is -0.133. The molecule has 0 bridgehead atoms. The summed E-state index contributed by atoms with van der Waals surface area (Å²) in [5, 5.41) is 9.48. The Labute approximate surface area is 127 Å². The van der Waals surface area contributed by atoms with E-state index in [2.05, 4.69) is 0 Å². The fourth-order valence-electron chi connectivity index (χ4n) is 3.99. The Kier molecular flexibility index (Phi) is 4.18. The number of nitrogens with zero attached hydrogens (tertiary/aromatic N) is 1. The summed E-state index contributed by atoms with van der Waals surface area (Å²) in [4.78, 5) is 14.4. The summed E-state index contributed by atoms with van der Waals surface area (Å²) in [6.45, 7) is 1.83. The summed E-state index contributed by atoms with van der Waals surface area (Å²) in [6, 6.07) is 7.03. The molecule has 0 aromatic heterocycles. The van der Waals surface area contributed by atoms with Crippen molar-refractivity contribution in [2.24, 2.45) is 5.41 Å². The Bertz CT molecular complexity index is 496. The minimum Gasteiger partial charge on any atom is -0.508 e. The third kappa shape index (κ3) is 3.39. The molecule has 0 radical (unpaired) electrons. The van der Waals surface area contributed by atoms with Gasteiger partial charge in [-0.05, 0) is 48.8 Å². The number of aromatic hydroxyl groups is 1. The standard InChI is InChI=1S/C18H25NO2/c20-16-6-4-5-15(13-16)14-17(21)19-11-9-18(10-12-19)7-2-1-3-8-18/h4-6,13,20H,1-3,7-12,14H2. The number of hydrogen-bond donors (Lipinski definition) is 1. The van der Waals surface area contributed by atoms with E-state index in [0.29, 0.717) is 11.8 Å². The molecule has 2 fully saturated rings. The average Bonchev–Trinajstić information content (AvgIpc) is 2.49. The second kappa shape index (κ2) is 6.08. The van der Waals surface area contributed by atoms with Crippen LogP contribution in [0.25, 0.3) is 0 Å². The predicted molar refractivity (Wildman–Crippen MR) is 83.1 cm³/mol. The summed E-state index contributed by atoms with van der Waals surface area (Å²) in [6.07, 6.45) is 9.62. The van der Waals surface area contributed by atoms with Gasteiger partial charge in [-0.2, -0.15) is 0 Å². The molecule has 1 saturated heterocycles. The maximum Gasteiger partial charge on any atom is 0.226 e. The molecule has 3 heteroatoms. The van der Waals surface area contributed by atoms with E-state index < -0.39 is 0 Å². The monoisotopic (exact) mass is 287 g/mol. The number of benzene rings is 1. The fourth-order valence-corrected chi connectivity index (χ4v) is 3.99. The van der Waals surface area contributed by atoms with Gasteiger partial charge in [0.25, 0.3) is 0 Å². The highest BCUT2D eigenvalue weighted by atomic mass is 16.3. The molecule has 1 N–H and O–H groups in total. The van der Waals surface area contributed by atoms with E-state index >= 15 is 0 Å². The molecule has 114 valence electrons. The lowest BCUT2D eigenvalue weighted by atomic mass is 9.68. The Hall–Kier alpha value is -1.51. The quantitative estimate of drug-likeness (QED) is 0.904. The number of likely N-dealkylation sites (tertiary alicyclic amines) is 1. The molecule has 1 aromatic carbocycles. The van der Waals surface area contributed by atoms with Crippen molar-refractivity contribution in [2.75, 3.05) is 13.1 Å². The van der Waals surface area contributed by atoms with Crippen LogP contribution in [-0.2, 0) is 11.2 Å². The highest BCUT2D eigenvalue weighted by molar-refractivity contribution is 5.79. The Balaban J connectivity index is 1.55. The van der Waals surface area contributed by atoms with Gasteiger partial charge in [0.1, 0.15) is 5.75 Å². The molecule has 1 heterocycles. The van der Waals surface area contributed by atoms with E-state index in [0.717, 1.165) is 18.7 Å². The topological polar surface area (TPSA) is 40.5 Å². The minimum atomic E-state index is 0.200. The van der Waals surface area contributed by atoms with Crippen LogP contribution in [0, 0.1) is 5.41 Å². The molecule has 3 nitrogen and oxygen atoms in total. The van der Waals surface area contributed by atoms with Crippen molar-refractivity contribution < 1.29 is 9.90 Å². The molecule has 1 spiro atoms. The van der Waals surface area contributed by atoms with Crippen LogP contribution < -0.4 is 0 Å². The number of piperidine rings is 1. The minimum absolute atomic E-state index is 0.200. The van der Waals surface area contributed by atoms with Gasteiger partial charge in [0.05, 0.1) is 6.42 Å². The molecule has 1 aliphatic heterocycles. The summed E-state index contributed by atoms with van der Waals surface area (Å²) < 4.78 is 0. The van der Waals surface area contributed by atoms with Crippen LogP contribution in [0.5, 0.6) is 5.75 Å². The van der Waals surface area contributed by atoms with E-state index in [9.17, 15) is 9.90 Å². The maximum atomic E-state index is 12.4. The first-order chi connectivity index (χ1) is 10.2. The molecule has 1 saturated carbocycles. The summed E-state index contributed by atoms with van der Waals surface area (Å²) in [5.74, 6) is 0.436. The zero-order valence-corrected chi connectivity index (χ0v) is 12.7. The SMILES string of the molecule is O=C(Cc1cccc(O)c1)N1CCC2(CCCCC2)CC1. The maximum absolute atomic E-state index is 12.4. The molecule has 1 aliphatic carbocycles. The number of hydrogen-bond acceptors (Lipinski definition) is 2. The van der Waals surface area contributed by atoms with Crippen LogP contribution in [0.15, 0.2) is 24.3 Å². The fraction of sp³-hybridized carbons (Fsp3) is 0.611. The van der Waals surface area contributed by atoms with Crippen molar-refractivity contribution >= 4 is 5.91 Å². The van der Waals surface area contributed by atoms with Gasteiger partial charge in [0, 0.05) is 13.1 Å². The van der Waals surface area contributed by atoms with E-state index in [-0.39, 0.29) is 11.7 Å². The van der Waals surface area contributed by atoms with Gasteiger partial charge in [0.2, 0.25) is 5.91 Å². The Morgan fingerprint density at radius 1 is 1.10 bits per heavy atom. The van der Waals surface area contributed by atoms with Crippen molar-refractivity contribution in [3.05, 3.63) is 29.8 Å². The second-order valence-electron chi connectivity index (χ2n) is 6.79. The number of carbonyl (C=O) groups is 1. The van der Waals surface area contributed by atoms with Gasteiger partial charge in [-0.25, -0.2) is 0 Å². The second-order valence-corrected chi connectivity index (χ2v) is 6.79. The van der Waals surface area contributed by atoms with E-state index in [1.54, 1.807) is 18.2 Å². The predicted octanol–water partition coefficient (Wildman–Crippen LogP) is 3.51. The zero-order chi connectivity index (χ0) is 14.7. The first kappa shape index (κ1) is 14.4. The summed E-state index contributed by atoms with van der Waals surface area (Å²) in [5.41, 5.74) is 1.44. The van der Waals surface area contributed by atoms with Gasteiger partial charge in [0.15, 0.2) is 0 Å². The highest BCUT2D eigenvalue weighted by Crippen LogP contribution is 2.44. The van der Waals surface area contributed by atoms with Crippen LogP contribution in [0.1, 0.15) is 50.5 Å². The van der Waals surface area contributed by atoms with Crippen molar-refractivity contribution in [3.8, 4) is 5.75 Å². The van der Waals surface area contributed by atoms with Crippen molar-refractivity contribution in [3.63, 3.8) is 0 Å². The van der Waals surface area contributed by atoms with E-state index in [4.69, 9.17) is 0 Å². The Morgan fingerprint density at radius 2 is 1.81 bits per heavy atom.